The van der Waals surface area contributed by atoms with Crippen molar-refractivity contribution in [2.45, 2.75) is 6.42 Å². The topological polar surface area (TPSA) is 80.3 Å². The quantitative estimate of drug-likeness (QED) is 0.691. The third kappa shape index (κ3) is 4.43. The highest BCUT2D eigenvalue weighted by Gasteiger charge is 2.13. The van der Waals surface area contributed by atoms with Gasteiger partial charge < -0.3 is 10.1 Å². The number of hydrogen-bond acceptors (Lipinski definition) is 6. The molecule has 2 aromatic heterocycles. The minimum atomic E-state index is -0.203. The molecule has 3 aromatic rings. The number of hydrogen-bond donors (Lipinski definition) is 2. The number of carbonyl (C=O) groups is 2. The van der Waals surface area contributed by atoms with Crippen LogP contribution in [0.2, 0.25) is 0 Å². The molecule has 0 radical (unpaired) electrons. The number of ether oxygens (including phenoxy) is 1. The summed E-state index contributed by atoms with van der Waals surface area (Å²) in [5.41, 5.74) is 1.20. The summed E-state index contributed by atoms with van der Waals surface area (Å²) < 4.78 is 5.20. The van der Waals surface area contributed by atoms with Crippen molar-refractivity contribution in [2.75, 3.05) is 17.7 Å². The van der Waals surface area contributed by atoms with E-state index < -0.39 is 0 Å². The van der Waals surface area contributed by atoms with Gasteiger partial charge in [-0.2, -0.15) is 0 Å². The molecule has 2 N–H and O–H groups in total. The number of thiazole rings is 1. The van der Waals surface area contributed by atoms with E-state index in [1.807, 2.05) is 23.6 Å². The molecule has 0 fully saturated rings. The predicted octanol–water partition coefficient (Wildman–Crippen LogP) is 3.65. The second-order valence-electron chi connectivity index (χ2n) is 5.00. The molecule has 2 amide bonds. The molecule has 25 heavy (non-hydrogen) atoms. The summed E-state index contributed by atoms with van der Waals surface area (Å²) in [5.74, 6) is 0.193. The van der Waals surface area contributed by atoms with Crippen molar-refractivity contribution < 1.29 is 14.3 Å². The van der Waals surface area contributed by atoms with Crippen molar-refractivity contribution in [3.8, 4) is 5.75 Å². The Morgan fingerprint density at radius 1 is 1.12 bits per heavy atom. The van der Waals surface area contributed by atoms with E-state index in [0.29, 0.717) is 27.1 Å². The number of rotatable bonds is 6. The number of thiophene rings is 1. The van der Waals surface area contributed by atoms with Gasteiger partial charge in [-0.05, 0) is 23.6 Å². The summed E-state index contributed by atoms with van der Waals surface area (Å²) in [4.78, 5) is 29.1. The number of anilines is 2. The number of nitrogens with zero attached hydrogens (tertiary/aromatic N) is 1. The van der Waals surface area contributed by atoms with Crippen molar-refractivity contribution in [2.24, 2.45) is 0 Å². The smallest absolute Gasteiger partial charge is 0.267 e. The van der Waals surface area contributed by atoms with Gasteiger partial charge in [0.1, 0.15) is 5.75 Å². The predicted molar refractivity (Wildman–Crippen MR) is 99.7 cm³/mol. The Kier molecular flexibility index (Phi) is 5.42. The highest BCUT2D eigenvalue weighted by molar-refractivity contribution is 7.14. The van der Waals surface area contributed by atoms with Gasteiger partial charge in [0.15, 0.2) is 5.13 Å². The van der Waals surface area contributed by atoms with Crippen LogP contribution in [0.25, 0.3) is 0 Å². The first kappa shape index (κ1) is 17.1. The van der Waals surface area contributed by atoms with Gasteiger partial charge in [-0.25, -0.2) is 4.98 Å². The molecule has 3 rings (SSSR count). The lowest BCUT2D eigenvalue weighted by atomic mass is 10.2. The largest absolute Gasteiger partial charge is 0.495 e. The minimum Gasteiger partial charge on any atom is -0.495 e. The molecule has 0 aliphatic rings. The van der Waals surface area contributed by atoms with Gasteiger partial charge >= 0.3 is 0 Å². The van der Waals surface area contributed by atoms with Crippen LogP contribution in [-0.2, 0) is 11.2 Å². The molecule has 6 nitrogen and oxygen atoms in total. The van der Waals surface area contributed by atoms with Gasteiger partial charge in [-0.15, -0.1) is 22.7 Å². The molecule has 0 unspecified atom stereocenters. The molecular weight excluding hydrogens is 358 g/mol. The highest BCUT2D eigenvalue weighted by atomic mass is 32.1. The Labute approximate surface area is 152 Å². The molecule has 0 atom stereocenters. The average Bonchev–Trinajstić information content (AvgIpc) is 3.27. The van der Waals surface area contributed by atoms with Gasteiger partial charge in [0.05, 0.1) is 29.8 Å². The van der Waals surface area contributed by atoms with Gasteiger partial charge in [-0.3, -0.25) is 14.9 Å². The molecule has 0 aliphatic heterocycles. The Balaban J connectivity index is 1.59. The third-order valence-corrected chi connectivity index (χ3v) is 4.92. The van der Waals surface area contributed by atoms with E-state index in [-0.39, 0.29) is 18.2 Å². The van der Waals surface area contributed by atoms with Crippen LogP contribution in [0.4, 0.5) is 10.8 Å². The summed E-state index contributed by atoms with van der Waals surface area (Å²) in [5, 5.41) is 9.59. The van der Waals surface area contributed by atoms with E-state index in [9.17, 15) is 9.59 Å². The first-order valence-electron chi connectivity index (χ1n) is 7.38. The number of benzene rings is 1. The Hall–Kier alpha value is -2.71. The lowest BCUT2D eigenvalue weighted by Gasteiger charge is -2.08. The van der Waals surface area contributed by atoms with Crippen LogP contribution in [0, 0.1) is 0 Å². The summed E-state index contributed by atoms with van der Waals surface area (Å²) >= 11 is 2.65. The second-order valence-corrected chi connectivity index (χ2v) is 6.81. The van der Waals surface area contributed by atoms with Crippen LogP contribution in [0.5, 0.6) is 5.75 Å². The van der Waals surface area contributed by atoms with Crippen molar-refractivity contribution in [1.82, 2.24) is 4.98 Å². The molecule has 2 heterocycles. The normalized spacial score (nSPS) is 10.3. The van der Waals surface area contributed by atoms with Crippen LogP contribution < -0.4 is 15.4 Å². The van der Waals surface area contributed by atoms with Gasteiger partial charge in [0.2, 0.25) is 5.91 Å². The molecule has 0 bridgehead atoms. The second kappa shape index (κ2) is 7.91. The zero-order valence-corrected chi connectivity index (χ0v) is 14.9. The molecular formula is C17H15N3O3S2. The minimum absolute atomic E-state index is 0.115. The van der Waals surface area contributed by atoms with Crippen LogP contribution in [0.15, 0.2) is 47.2 Å². The fourth-order valence-corrected chi connectivity index (χ4v) is 3.44. The summed E-state index contributed by atoms with van der Waals surface area (Å²) in [7, 11) is 1.55. The fourth-order valence-electron chi connectivity index (χ4n) is 2.12. The Bertz CT molecular complexity index is 875. The van der Waals surface area contributed by atoms with Crippen molar-refractivity contribution in [3.63, 3.8) is 0 Å². The zero-order chi connectivity index (χ0) is 17.6. The molecule has 0 saturated heterocycles. The maximum Gasteiger partial charge on any atom is 0.267 e. The lowest BCUT2D eigenvalue weighted by Crippen LogP contribution is -2.15. The van der Waals surface area contributed by atoms with Crippen LogP contribution in [0.3, 0.4) is 0 Å². The first-order chi connectivity index (χ1) is 12.2. The third-order valence-electron chi connectivity index (χ3n) is 3.24. The number of carbonyl (C=O) groups excluding carboxylic acids is 2. The number of aromatic nitrogens is 1. The maximum atomic E-state index is 12.2. The van der Waals surface area contributed by atoms with Crippen LogP contribution in [0.1, 0.15) is 15.4 Å². The van der Waals surface area contributed by atoms with E-state index in [2.05, 4.69) is 15.6 Å². The lowest BCUT2D eigenvalue weighted by molar-refractivity contribution is -0.115. The van der Waals surface area contributed by atoms with Gasteiger partial charge in [0, 0.05) is 5.38 Å². The summed E-state index contributed by atoms with van der Waals surface area (Å²) in [6.45, 7) is 0. The standard InChI is InChI=1S/C17H15N3O3S2/c1-23-13-6-3-2-5-12(13)19-15(21)9-11-10-25-17(18-11)20-16(22)14-7-4-8-24-14/h2-8,10H,9H2,1H3,(H,19,21)(H,18,20,22). The average molecular weight is 373 g/mol. The molecule has 0 spiro atoms. The van der Waals surface area contributed by atoms with E-state index in [1.165, 1.54) is 22.7 Å². The van der Waals surface area contributed by atoms with E-state index >= 15 is 0 Å². The monoisotopic (exact) mass is 373 g/mol. The Morgan fingerprint density at radius 2 is 1.96 bits per heavy atom. The van der Waals surface area contributed by atoms with Gasteiger partial charge in [-0.1, -0.05) is 18.2 Å². The summed E-state index contributed by atoms with van der Waals surface area (Å²) in [6, 6.07) is 10.8. The van der Waals surface area contributed by atoms with Crippen molar-refractivity contribution in [3.05, 3.63) is 57.7 Å². The number of para-hydroxylation sites is 2. The van der Waals surface area contributed by atoms with Gasteiger partial charge in [0.25, 0.3) is 5.91 Å². The van der Waals surface area contributed by atoms with Crippen molar-refractivity contribution >= 4 is 45.3 Å². The Morgan fingerprint density at radius 3 is 2.72 bits per heavy atom. The number of amides is 2. The van der Waals surface area contributed by atoms with E-state index in [1.54, 1.807) is 30.7 Å². The van der Waals surface area contributed by atoms with Crippen LogP contribution >= 0.6 is 22.7 Å². The fraction of sp³-hybridized carbons (Fsp3) is 0.118. The highest BCUT2D eigenvalue weighted by Crippen LogP contribution is 2.23. The van der Waals surface area contributed by atoms with E-state index in [4.69, 9.17) is 4.74 Å². The molecule has 8 heteroatoms. The van der Waals surface area contributed by atoms with E-state index in [0.717, 1.165) is 0 Å². The summed E-state index contributed by atoms with van der Waals surface area (Å²) in [6.07, 6.45) is 0.115. The number of nitrogens with one attached hydrogen (secondary N) is 2. The molecule has 0 saturated carbocycles. The molecule has 1 aromatic carbocycles. The maximum absolute atomic E-state index is 12.2. The molecule has 0 aliphatic carbocycles. The van der Waals surface area contributed by atoms with Crippen LogP contribution in [-0.4, -0.2) is 23.9 Å². The SMILES string of the molecule is COc1ccccc1NC(=O)Cc1csc(NC(=O)c2cccs2)n1. The molecule has 128 valence electrons. The zero-order valence-electron chi connectivity index (χ0n) is 13.3. The first-order valence-corrected chi connectivity index (χ1v) is 9.14. The van der Waals surface area contributed by atoms with Crippen molar-refractivity contribution in [1.29, 1.82) is 0 Å². The number of methoxy groups -OCH3 is 1.